The van der Waals surface area contributed by atoms with Gasteiger partial charge in [-0.15, -0.1) is 0 Å². The summed E-state index contributed by atoms with van der Waals surface area (Å²) in [7, 11) is 0. The SMILES string of the molecule is CCn1cc(CN2C(=O)C(C)(C)NC(=O)CC2C)cn1. The number of aromatic nitrogens is 2. The van der Waals surface area contributed by atoms with Gasteiger partial charge in [-0.25, -0.2) is 0 Å². The topological polar surface area (TPSA) is 67.2 Å². The van der Waals surface area contributed by atoms with Crippen molar-refractivity contribution in [1.82, 2.24) is 20.0 Å². The van der Waals surface area contributed by atoms with Gasteiger partial charge in [-0.05, 0) is 27.7 Å². The van der Waals surface area contributed by atoms with E-state index in [2.05, 4.69) is 10.4 Å². The summed E-state index contributed by atoms with van der Waals surface area (Å²) in [5.41, 5.74) is 0.125. The summed E-state index contributed by atoms with van der Waals surface area (Å²) < 4.78 is 1.83. The van der Waals surface area contributed by atoms with Crippen LogP contribution in [0.25, 0.3) is 0 Å². The van der Waals surface area contributed by atoms with E-state index >= 15 is 0 Å². The molecule has 6 nitrogen and oxygen atoms in total. The van der Waals surface area contributed by atoms with Crippen molar-refractivity contribution in [2.75, 3.05) is 0 Å². The molecule has 1 saturated heterocycles. The summed E-state index contributed by atoms with van der Waals surface area (Å²) >= 11 is 0. The number of hydrogen-bond donors (Lipinski definition) is 1. The first-order valence-corrected chi connectivity index (χ1v) is 6.97. The smallest absolute Gasteiger partial charge is 0.248 e. The van der Waals surface area contributed by atoms with Gasteiger partial charge in [0.05, 0.1) is 6.20 Å². The largest absolute Gasteiger partial charge is 0.342 e. The van der Waals surface area contributed by atoms with Crippen LogP contribution in [-0.4, -0.2) is 38.1 Å². The molecule has 2 rings (SSSR count). The van der Waals surface area contributed by atoms with E-state index in [4.69, 9.17) is 0 Å². The molecule has 6 heteroatoms. The van der Waals surface area contributed by atoms with Crippen LogP contribution >= 0.6 is 0 Å². The summed E-state index contributed by atoms with van der Waals surface area (Å²) in [5, 5.41) is 7.00. The van der Waals surface area contributed by atoms with Crippen LogP contribution < -0.4 is 5.32 Å². The molecule has 1 fully saturated rings. The van der Waals surface area contributed by atoms with E-state index in [1.54, 1.807) is 24.9 Å². The first-order chi connectivity index (χ1) is 9.33. The van der Waals surface area contributed by atoms with Crippen LogP contribution in [0.3, 0.4) is 0 Å². The van der Waals surface area contributed by atoms with Gasteiger partial charge < -0.3 is 10.2 Å². The summed E-state index contributed by atoms with van der Waals surface area (Å²) in [5.74, 6) is -0.136. The third kappa shape index (κ3) is 2.84. The maximum atomic E-state index is 12.6. The quantitative estimate of drug-likeness (QED) is 0.894. The van der Waals surface area contributed by atoms with Gasteiger partial charge in [0.2, 0.25) is 11.8 Å². The summed E-state index contributed by atoms with van der Waals surface area (Å²) in [6.07, 6.45) is 4.04. The molecule has 0 bridgehead atoms. The van der Waals surface area contributed by atoms with E-state index in [0.717, 1.165) is 12.1 Å². The van der Waals surface area contributed by atoms with Gasteiger partial charge in [-0.2, -0.15) is 5.10 Å². The molecular formula is C14H22N4O2. The number of carbonyl (C=O) groups is 2. The molecule has 0 spiro atoms. The third-order valence-corrected chi connectivity index (χ3v) is 3.62. The fraction of sp³-hybridized carbons (Fsp3) is 0.643. The van der Waals surface area contributed by atoms with Crippen LogP contribution in [0.4, 0.5) is 0 Å². The Kier molecular flexibility index (Phi) is 3.83. The number of nitrogens with one attached hydrogen (secondary N) is 1. The average Bonchev–Trinajstić information content (AvgIpc) is 2.78. The molecule has 0 radical (unpaired) electrons. The Labute approximate surface area is 119 Å². The first-order valence-electron chi connectivity index (χ1n) is 6.97. The minimum absolute atomic E-state index is 0.0555. The lowest BCUT2D eigenvalue weighted by Crippen LogP contribution is -2.53. The van der Waals surface area contributed by atoms with E-state index in [1.165, 1.54) is 0 Å². The molecular weight excluding hydrogens is 256 g/mol. The fourth-order valence-electron chi connectivity index (χ4n) is 2.48. The summed E-state index contributed by atoms with van der Waals surface area (Å²) in [4.78, 5) is 26.1. The second-order valence-corrected chi connectivity index (χ2v) is 5.86. The Morgan fingerprint density at radius 2 is 2.15 bits per heavy atom. The van der Waals surface area contributed by atoms with Crippen LogP contribution in [0.1, 0.15) is 39.7 Å². The van der Waals surface area contributed by atoms with Crippen molar-refractivity contribution in [3.05, 3.63) is 18.0 Å². The third-order valence-electron chi connectivity index (χ3n) is 3.62. The molecule has 20 heavy (non-hydrogen) atoms. The number of aryl methyl sites for hydroxylation is 1. The Balaban J connectivity index is 2.22. The Morgan fingerprint density at radius 1 is 1.45 bits per heavy atom. The van der Waals surface area contributed by atoms with Gasteiger partial charge in [-0.1, -0.05) is 0 Å². The van der Waals surface area contributed by atoms with Crippen LogP contribution in [0.2, 0.25) is 0 Å². The van der Waals surface area contributed by atoms with Gasteiger partial charge in [0.15, 0.2) is 0 Å². The molecule has 0 aliphatic carbocycles. The van der Waals surface area contributed by atoms with Gasteiger partial charge in [0, 0.05) is 37.3 Å². The molecule has 2 amide bonds. The van der Waals surface area contributed by atoms with Crippen molar-refractivity contribution in [2.24, 2.45) is 0 Å². The normalized spacial score (nSPS) is 22.6. The van der Waals surface area contributed by atoms with Crippen molar-refractivity contribution in [2.45, 2.75) is 58.8 Å². The number of hydrogen-bond acceptors (Lipinski definition) is 3. The number of amides is 2. The molecule has 110 valence electrons. The number of rotatable bonds is 3. The lowest BCUT2D eigenvalue weighted by Gasteiger charge is -2.31. The Bertz CT molecular complexity index is 521. The molecule has 0 aromatic carbocycles. The highest BCUT2D eigenvalue weighted by molar-refractivity contribution is 5.93. The molecule has 1 aromatic heterocycles. The minimum Gasteiger partial charge on any atom is -0.342 e. The van der Waals surface area contributed by atoms with Crippen molar-refractivity contribution in [3.63, 3.8) is 0 Å². The molecule has 0 saturated carbocycles. The van der Waals surface area contributed by atoms with E-state index in [9.17, 15) is 9.59 Å². The molecule has 1 aliphatic heterocycles. The van der Waals surface area contributed by atoms with E-state index < -0.39 is 5.54 Å². The molecule has 1 aliphatic rings. The zero-order valence-corrected chi connectivity index (χ0v) is 12.5. The highest BCUT2D eigenvalue weighted by Gasteiger charge is 2.39. The standard InChI is InChI=1S/C14H22N4O2/c1-5-17-8-11(7-15-17)9-18-10(2)6-12(19)16-14(3,4)13(18)20/h7-8,10H,5-6,9H2,1-4H3,(H,16,19). The minimum atomic E-state index is -0.859. The molecule has 1 atom stereocenters. The highest BCUT2D eigenvalue weighted by Crippen LogP contribution is 2.20. The number of nitrogens with zero attached hydrogens (tertiary/aromatic N) is 3. The van der Waals surface area contributed by atoms with Gasteiger partial charge in [0.25, 0.3) is 0 Å². The second kappa shape index (κ2) is 5.26. The monoisotopic (exact) mass is 278 g/mol. The fourth-order valence-corrected chi connectivity index (χ4v) is 2.48. The Hall–Kier alpha value is -1.85. The molecule has 2 heterocycles. The van der Waals surface area contributed by atoms with Crippen molar-refractivity contribution >= 4 is 11.8 Å². The maximum Gasteiger partial charge on any atom is 0.248 e. The maximum absolute atomic E-state index is 12.6. The predicted molar refractivity (Wildman–Crippen MR) is 74.8 cm³/mol. The van der Waals surface area contributed by atoms with Crippen molar-refractivity contribution in [3.8, 4) is 0 Å². The zero-order valence-electron chi connectivity index (χ0n) is 12.5. The summed E-state index contributed by atoms with van der Waals surface area (Å²) in [6, 6.07) is -0.116. The highest BCUT2D eigenvalue weighted by atomic mass is 16.2. The zero-order chi connectivity index (χ0) is 14.9. The molecule has 1 unspecified atom stereocenters. The van der Waals surface area contributed by atoms with Gasteiger partial charge >= 0.3 is 0 Å². The van der Waals surface area contributed by atoms with Crippen LogP contribution in [-0.2, 0) is 22.7 Å². The average molecular weight is 278 g/mol. The van der Waals surface area contributed by atoms with Gasteiger partial charge in [0.1, 0.15) is 5.54 Å². The van der Waals surface area contributed by atoms with Crippen molar-refractivity contribution in [1.29, 1.82) is 0 Å². The van der Waals surface area contributed by atoms with Gasteiger partial charge in [-0.3, -0.25) is 14.3 Å². The first kappa shape index (κ1) is 14.6. The lowest BCUT2D eigenvalue weighted by molar-refractivity contribution is -0.139. The summed E-state index contributed by atoms with van der Waals surface area (Å²) in [6.45, 7) is 8.69. The van der Waals surface area contributed by atoms with Crippen LogP contribution in [0.5, 0.6) is 0 Å². The molecule has 1 aromatic rings. The van der Waals surface area contributed by atoms with Crippen LogP contribution in [0.15, 0.2) is 12.4 Å². The van der Waals surface area contributed by atoms with E-state index in [-0.39, 0.29) is 17.9 Å². The van der Waals surface area contributed by atoms with Crippen LogP contribution in [0, 0.1) is 0 Å². The van der Waals surface area contributed by atoms with E-state index in [1.807, 2.05) is 24.7 Å². The second-order valence-electron chi connectivity index (χ2n) is 5.86. The Morgan fingerprint density at radius 3 is 2.75 bits per heavy atom. The van der Waals surface area contributed by atoms with E-state index in [0.29, 0.717) is 13.0 Å². The number of carbonyl (C=O) groups excluding carboxylic acids is 2. The van der Waals surface area contributed by atoms with Crippen molar-refractivity contribution < 1.29 is 9.59 Å². The lowest BCUT2D eigenvalue weighted by atomic mass is 10.0. The molecule has 1 N–H and O–H groups in total. The predicted octanol–water partition coefficient (Wildman–Crippen LogP) is 0.919.